The molecule has 0 aliphatic carbocycles. The van der Waals surface area contributed by atoms with Crippen molar-refractivity contribution in [1.82, 2.24) is 10.2 Å². The van der Waals surface area contributed by atoms with E-state index in [2.05, 4.69) is 15.5 Å². The number of anilines is 2. The molecule has 0 spiro atoms. The van der Waals surface area contributed by atoms with Crippen LogP contribution in [0.2, 0.25) is 5.02 Å². The van der Waals surface area contributed by atoms with Crippen LogP contribution in [0.1, 0.15) is 20.7 Å². The highest BCUT2D eigenvalue weighted by atomic mass is 35.5. The van der Waals surface area contributed by atoms with Crippen LogP contribution in [-0.4, -0.2) is 69.3 Å². The van der Waals surface area contributed by atoms with Crippen LogP contribution in [0.15, 0.2) is 60.7 Å². The Balaban J connectivity index is 1.30. The van der Waals surface area contributed by atoms with Crippen molar-refractivity contribution in [3.05, 3.63) is 76.8 Å². The van der Waals surface area contributed by atoms with Crippen LogP contribution in [0, 0.1) is 0 Å². The third-order valence-corrected chi connectivity index (χ3v) is 6.80. The lowest BCUT2D eigenvalue weighted by Gasteiger charge is -2.36. The van der Waals surface area contributed by atoms with E-state index in [0.717, 1.165) is 11.4 Å². The molecule has 0 saturated carbocycles. The molecule has 0 radical (unpaired) electrons. The summed E-state index contributed by atoms with van der Waals surface area (Å²) in [5, 5.41) is 6.17. The van der Waals surface area contributed by atoms with Crippen molar-refractivity contribution in [2.24, 2.45) is 0 Å². The highest BCUT2D eigenvalue weighted by Gasteiger charge is 2.23. The van der Waals surface area contributed by atoms with E-state index in [1.54, 1.807) is 44.6 Å². The van der Waals surface area contributed by atoms with Crippen molar-refractivity contribution < 1.29 is 23.8 Å². The van der Waals surface area contributed by atoms with E-state index < -0.39 is 0 Å². The number of piperazine rings is 1. The van der Waals surface area contributed by atoms with Crippen molar-refractivity contribution in [3.8, 4) is 17.2 Å². The van der Waals surface area contributed by atoms with Gasteiger partial charge in [0.2, 0.25) is 0 Å². The van der Waals surface area contributed by atoms with Gasteiger partial charge in [0.1, 0.15) is 17.2 Å². The molecule has 0 aromatic heterocycles. The third-order valence-electron chi connectivity index (χ3n) is 6.30. The number of methoxy groups -OCH3 is 3. The monoisotopic (exact) mass is 568 g/mol. The summed E-state index contributed by atoms with van der Waals surface area (Å²) in [7, 11) is 4.63. The van der Waals surface area contributed by atoms with Crippen LogP contribution in [0.3, 0.4) is 0 Å². The van der Waals surface area contributed by atoms with Crippen LogP contribution < -0.4 is 29.7 Å². The van der Waals surface area contributed by atoms with Gasteiger partial charge in [-0.2, -0.15) is 0 Å². The van der Waals surface area contributed by atoms with Gasteiger partial charge in [0.05, 0.1) is 26.4 Å². The molecule has 1 fully saturated rings. The van der Waals surface area contributed by atoms with Gasteiger partial charge in [0.25, 0.3) is 11.8 Å². The van der Waals surface area contributed by atoms with Crippen LogP contribution in [0.5, 0.6) is 17.2 Å². The number of carbonyl (C=O) groups is 2. The molecule has 2 amide bonds. The minimum Gasteiger partial charge on any atom is -0.497 e. The molecule has 0 bridgehead atoms. The fourth-order valence-corrected chi connectivity index (χ4v) is 4.65. The Morgan fingerprint density at radius 3 is 2.03 bits per heavy atom. The SMILES string of the molecule is COc1cc(OC)cc(C(=O)N2CCN(c3ccc(NC(=S)NC(=O)c4ccc(OC)c(Cl)c4)cc3)CC2)c1. The lowest BCUT2D eigenvalue weighted by atomic mass is 10.1. The lowest BCUT2D eigenvalue weighted by molar-refractivity contribution is 0.0745. The molecule has 1 aliphatic rings. The molecule has 9 nitrogen and oxygen atoms in total. The molecule has 204 valence electrons. The molecule has 39 heavy (non-hydrogen) atoms. The molecular weight excluding hydrogens is 540 g/mol. The van der Waals surface area contributed by atoms with E-state index >= 15 is 0 Å². The van der Waals surface area contributed by atoms with Gasteiger partial charge in [-0.3, -0.25) is 14.9 Å². The van der Waals surface area contributed by atoms with Crippen molar-refractivity contribution in [2.75, 3.05) is 57.7 Å². The summed E-state index contributed by atoms with van der Waals surface area (Å²) >= 11 is 11.4. The lowest BCUT2D eigenvalue weighted by Crippen LogP contribution is -2.48. The topological polar surface area (TPSA) is 92.4 Å². The number of thiocarbonyl (C=S) groups is 1. The summed E-state index contributed by atoms with van der Waals surface area (Å²) in [6.07, 6.45) is 0. The fourth-order valence-electron chi connectivity index (χ4n) is 4.18. The molecule has 2 N–H and O–H groups in total. The molecule has 4 rings (SSSR count). The van der Waals surface area contributed by atoms with Crippen molar-refractivity contribution in [3.63, 3.8) is 0 Å². The van der Waals surface area contributed by atoms with Gasteiger partial charge in [0, 0.05) is 54.7 Å². The number of carbonyl (C=O) groups excluding carboxylic acids is 2. The summed E-state index contributed by atoms with van der Waals surface area (Å²) < 4.78 is 15.7. The zero-order valence-electron chi connectivity index (χ0n) is 21.8. The number of nitrogens with one attached hydrogen (secondary N) is 2. The molecular formula is C28H29ClN4O5S. The third kappa shape index (κ3) is 6.90. The number of hydrogen-bond acceptors (Lipinski definition) is 7. The smallest absolute Gasteiger partial charge is 0.257 e. The van der Waals surface area contributed by atoms with Crippen molar-refractivity contribution >= 4 is 52.1 Å². The largest absolute Gasteiger partial charge is 0.497 e. The van der Waals surface area contributed by atoms with Crippen molar-refractivity contribution in [2.45, 2.75) is 0 Å². The van der Waals surface area contributed by atoms with E-state index in [1.165, 1.54) is 13.2 Å². The molecule has 1 heterocycles. The normalized spacial score (nSPS) is 12.9. The van der Waals surface area contributed by atoms with Gasteiger partial charge in [-0.15, -0.1) is 0 Å². The van der Waals surface area contributed by atoms with E-state index in [4.69, 9.17) is 38.0 Å². The maximum Gasteiger partial charge on any atom is 0.257 e. The van der Waals surface area contributed by atoms with Crippen LogP contribution in [-0.2, 0) is 0 Å². The summed E-state index contributed by atoms with van der Waals surface area (Å²) in [5.74, 6) is 1.20. The van der Waals surface area contributed by atoms with Gasteiger partial charge >= 0.3 is 0 Å². The van der Waals surface area contributed by atoms with Gasteiger partial charge in [-0.05, 0) is 66.8 Å². The van der Waals surface area contributed by atoms with E-state index in [-0.39, 0.29) is 16.9 Å². The Kier molecular flexibility index (Phi) is 9.11. The Labute approximate surface area is 237 Å². The first-order valence-electron chi connectivity index (χ1n) is 12.1. The highest BCUT2D eigenvalue weighted by molar-refractivity contribution is 7.80. The number of ether oxygens (including phenoxy) is 3. The van der Waals surface area contributed by atoms with Crippen LogP contribution in [0.4, 0.5) is 11.4 Å². The maximum atomic E-state index is 13.1. The standard InChI is InChI=1S/C28H29ClN4O5S/c1-36-22-14-19(15-23(17-22)37-2)27(35)33-12-10-32(11-13-33)21-7-5-20(6-8-21)30-28(39)31-26(34)18-4-9-25(38-3)24(29)16-18/h4-9,14-17H,10-13H2,1-3H3,(H2,30,31,34,39). The fraction of sp³-hybridized carbons (Fsp3) is 0.250. The van der Waals surface area contributed by atoms with Gasteiger partial charge in [-0.25, -0.2) is 0 Å². The summed E-state index contributed by atoms with van der Waals surface area (Å²) in [5.41, 5.74) is 2.66. The van der Waals surface area contributed by atoms with Crippen LogP contribution >= 0.6 is 23.8 Å². The first-order valence-corrected chi connectivity index (χ1v) is 12.9. The molecule has 11 heteroatoms. The zero-order chi connectivity index (χ0) is 27.9. The molecule has 3 aromatic rings. The number of amides is 2. The second kappa shape index (κ2) is 12.7. The predicted octanol–water partition coefficient (Wildman–Crippen LogP) is 4.46. The second-order valence-electron chi connectivity index (χ2n) is 8.69. The summed E-state index contributed by atoms with van der Waals surface area (Å²) in [4.78, 5) is 29.6. The number of hydrogen-bond donors (Lipinski definition) is 2. The van der Waals surface area contributed by atoms with E-state index in [0.29, 0.717) is 59.6 Å². The van der Waals surface area contributed by atoms with Crippen LogP contribution in [0.25, 0.3) is 0 Å². The molecule has 1 aliphatic heterocycles. The van der Waals surface area contributed by atoms with E-state index in [1.807, 2.05) is 29.2 Å². The molecule has 3 aromatic carbocycles. The summed E-state index contributed by atoms with van der Waals surface area (Å²) in [6.45, 7) is 2.56. The van der Waals surface area contributed by atoms with Crippen molar-refractivity contribution in [1.29, 1.82) is 0 Å². The quantitative estimate of drug-likeness (QED) is 0.404. The Morgan fingerprint density at radius 2 is 1.46 bits per heavy atom. The Hall–Kier alpha value is -4.02. The average Bonchev–Trinajstić information content (AvgIpc) is 2.96. The number of halogens is 1. The highest BCUT2D eigenvalue weighted by Crippen LogP contribution is 2.26. The Bertz CT molecular complexity index is 1340. The number of benzene rings is 3. The zero-order valence-corrected chi connectivity index (χ0v) is 23.4. The predicted molar refractivity (Wildman–Crippen MR) is 156 cm³/mol. The molecule has 0 atom stereocenters. The van der Waals surface area contributed by atoms with Gasteiger partial charge < -0.3 is 29.3 Å². The van der Waals surface area contributed by atoms with Gasteiger partial charge in [0.15, 0.2) is 5.11 Å². The minimum atomic E-state index is -0.381. The second-order valence-corrected chi connectivity index (χ2v) is 9.50. The average molecular weight is 569 g/mol. The summed E-state index contributed by atoms with van der Waals surface area (Å²) in [6, 6.07) is 17.7. The molecule has 0 unspecified atom stereocenters. The first kappa shape index (κ1) is 28.0. The maximum absolute atomic E-state index is 13.1. The number of rotatable bonds is 7. The minimum absolute atomic E-state index is 0.0566. The van der Waals surface area contributed by atoms with E-state index in [9.17, 15) is 9.59 Å². The first-order chi connectivity index (χ1) is 18.8. The van der Waals surface area contributed by atoms with Gasteiger partial charge in [-0.1, -0.05) is 11.6 Å². The Morgan fingerprint density at radius 1 is 0.821 bits per heavy atom. The number of nitrogens with zero attached hydrogens (tertiary/aromatic N) is 2. The molecule has 1 saturated heterocycles.